The van der Waals surface area contributed by atoms with Crippen LogP contribution in [0.4, 0.5) is 4.79 Å². The van der Waals surface area contributed by atoms with Crippen LogP contribution in [0.15, 0.2) is 54.2 Å². The minimum Gasteiger partial charge on any atom is -0.444 e. The Morgan fingerprint density at radius 2 is 1.88 bits per heavy atom. The molecule has 0 N–H and O–H groups in total. The Hall–Kier alpha value is -2.62. The van der Waals surface area contributed by atoms with Gasteiger partial charge in [-0.25, -0.2) is 4.79 Å². The van der Waals surface area contributed by atoms with Crippen LogP contribution >= 0.6 is 0 Å². The van der Waals surface area contributed by atoms with Gasteiger partial charge in [-0.05, 0) is 57.4 Å². The molecule has 1 aliphatic rings. The van der Waals surface area contributed by atoms with Gasteiger partial charge < -0.3 is 9.64 Å². The van der Waals surface area contributed by atoms with Crippen molar-refractivity contribution in [3.8, 4) is 11.3 Å². The van der Waals surface area contributed by atoms with Crippen molar-refractivity contribution >= 4 is 12.2 Å². The Balaban J connectivity index is 1.65. The number of piperidine rings is 1. The molecule has 1 fully saturated rings. The van der Waals surface area contributed by atoms with Gasteiger partial charge >= 0.3 is 6.09 Å². The zero-order chi connectivity index (χ0) is 18.6. The summed E-state index contributed by atoms with van der Waals surface area (Å²) < 4.78 is 5.46. The van der Waals surface area contributed by atoms with Crippen LogP contribution in [0.25, 0.3) is 17.3 Å². The number of hydrogen-bond donors (Lipinski definition) is 0. The van der Waals surface area contributed by atoms with Crippen LogP contribution in [0.3, 0.4) is 0 Å². The van der Waals surface area contributed by atoms with E-state index < -0.39 is 5.60 Å². The zero-order valence-corrected chi connectivity index (χ0v) is 15.7. The Labute approximate surface area is 155 Å². The van der Waals surface area contributed by atoms with Crippen LogP contribution in [-0.4, -0.2) is 34.7 Å². The van der Waals surface area contributed by atoms with Crippen molar-refractivity contribution < 1.29 is 9.53 Å². The third kappa shape index (κ3) is 4.94. The Kier molecular flexibility index (Phi) is 5.40. The maximum atomic E-state index is 12.2. The summed E-state index contributed by atoms with van der Waals surface area (Å²) in [7, 11) is 0. The van der Waals surface area contributed by atoms with Crippen molar-refractivity contribution in [2.75, 3.05) is 13.1 Å². The number of amides is 1. The van der Waals surface area contributed by atoms with Crippen LogP contribution in [0.5, 0.6) is 0 Å². The van der Waals surface area contributed by atoms with Gasteiger partial charge in [0.1, 0.15) is 5.60 Å². The topological polar surface area (TPSA) is 42.4 Å². The third-order valence-corrected chi connectivity index (χ3v) is 4.28. The summed E-state index contributed by atoms with van der Waals surface area (Å²) in [5.74, 6) is 0. The number of rotatable bonds is 2. The molecule has 1 aromatic heterocycles. The summed E-state index contributed by atoms with van der Waals surface area (Å²) >= 11 is 0. The first-order chi connectivity index (χ1) is 12.4. The smallest absolute Gasteiger partial charge is 0.410 e. The van der Waals surface area contributed by atoms with Gasteiger partial charge in [-0.2, -0.15) is 0 Å². The van der Waals surface area contributed by atoms with E-state index in [0.717, 1.165) is 24.1 Å². The van der Waals surface area contributed by atoms with Crippen LogP contribution in [-0.2, 0) is 4.74 Å². The summed E-state index contributed by atoms with van der Waals surface area (Å²) in [4.78, 5) is 18.4. The lowest BCUT2D eigenvalue weighted by Crippen LogP contribution is -2.40. The normalized spacial score (nSPS) is 14.9. The highest BCUT2D eigenvalue weighted by atomic mass is 16.6. The molecule has 1 saturated heterocycles. The van der Waals surface area contributed by atoms with Crippen LogP contribution in [0.1, 0.15) is 39.2 Å². The third-order valence-electron chi connectivity index (χ3n) is 4.28. The number of carbonyl (C=O) groups is 1. The first-order valence-electron chi connectivity index (χ1n) is 9.09. The van der Waals surface area contributed by atoms with E-state index >= 15 is 0 Å². The number of aromatic nitrogens is 1. The summed E-state index contributed by atoms with van der Waals surface area (Å²) in [6.07, 6.45) is 5.60. The van der Waals surface area contributed by atoms with Crippen molar-refractivity contribution in [1.82, 2.24) is 9.88 Å². The lowest BCUT2D eigenvalue weighted by molar-refractivity contribution is 0.0237. The number of likely N-dealkylation sites (tertiary alicyclic amines) is 1. The fourth-order valence-corrected chi connectivity index (χ4v) is 3.00. The molecule has 0 atom stereocenters. The first kappa shape index (κ1) is 18.2. The van der Waals surface area contributed by atoms with E-state index in [4.69, 9.17) is 4.74 Å². The Bertz CT molecular complexity index is 781. The number of carbonyl (C=O) groups excluding carboxylic acids is 1. The van der Waals surface area contributed by atoms with E-state index in [1.54, 1.807) is 4.90 Å². The second kappa shape index (κ2) is 7.73. The number of nitrogens with zero attached hydrogens (tertiary/aromatic N) is 2. The van der Waals surface area contributed by atoms with Crippen molar-refractivity contribution in [1.29, 1.82) is 0 Å². The Morgan fingerprint density at radius 3 is 2.54 bits per heavy atom. The van der Waals surface area contributed by atoms with Crippen LogP contribution in [0, 0.1) is 0 Å². The van der Waals surface area contributed by atoms with Gasteiger partial charge in [0.05, 0.1) is 5.69 Å². The van der Waals surface area contributed by atoms with E-state index in [1.165, 1.54) is 11.1 Å². The molecular formula is C22H26N2O2. The van der Waals surface area contributed by atoms with E-state index in [0.29, 0.717) is 13.1 Å². The molecule has 0 unspecified atom stereocenters. The summed E-state index contributed by atoms with van der Waals surface area (Å²) in [6, 6.07) is 14.4. The molecule has 1 amide bonds. The highest BCUT2D eigenvalue weighted by molar-refractivity contribution is 5.69. The maximum absolute atomic E-state index is 12.2. The van der Waals surface area contributed by atoms with E-state index in [2.05, 4.69) is 35.3 Å². The van der Waals surface area contributed by atoms with E-state index in [1.807, 2.05) is 45.2 Å². The first-order valence-corrected chi connectivity index (χ1v) is 9.09. The van der Waals surface area contributed by atoms with Crippen molar-refractivity contribution in [2.45, 2.75) is 39.2 Å². The molecule has 2 aromatic rings. The molecule has 0 saturated carbocycles. The molecule has 4 nitrogen and oxygen atoms in total. The molecule has 2 heterocycles. The largest absolute Gasteiger partial charge is 0.444 e. The molecule has 26 heavy (non-hydrogen) atoms. The van der Waals surface area contributed by atoms with Gasteiger partial charge in [-0.15, -0.1) is 0 Å². The second-order valence-electron chi connectivity index (χ2n) is 7.61. The van der Waals surface area contributed by atoms with Crippen LogP contribution < -0.4 is 0 Å². The summed E-state index contributed by atoms with van der Waals surface area (Å²) in [5, 5.41) is 0. The fraction of sp³-hybridized carbons (Fsp3) is 0.364. The molecule has 1 aromatic carbocycles. The Morgan fingerprint density at radius 1 is 1.12 bits per heavy atom. The molecule has 0 radical (unpaired) electrons. The minimum absolute atomic E-state index is 0.214. The zero-order valence-electron chi connectivity index (χ0n) is 15.7. The number of hydrogen-bond acceptors (Lipinski definition) is 3. The SMILES string of the molecule is CC(C)(C)OC(=O)N1CCC(=Cc2cccc(-c3ccccn3)c2)CC1. The lowest BCUT2D eigenvalue weighted by Gasteiger charge is -2.31. The lowest BCUT2D eigenvalue weighted by atomic mass is 9.99. The minimum atomic E-state index is -0.445. The van der Waals surface area contributed by atoms with Gasteiger partial charge in [0.2, 0.25) is 0 Å². The maximum Gasteiger partial charge on any atom is 0.410 e. The number of ether oxygens (including phenoxy) is 1. The van der Waals surface area contributed by atoms with Crippen molar-refractivity contribution in [2.24, 2.45) is 0 Å². The molecule has 0 aliphatic carbocycles. The molecule has 0 bridgehead atoms. The van der Waals surface area contributed by atoms with E-state index in [9.17, 15) is 4.79 Å². The van der Waals surface area contributed by atoms with Gasteiger partial charge in [-0.3, -0.25) is 4.98 Å². The standard InChI is InChI=1S/C22H26N2O2/c1-22(2,3)26-21(25)24-13-10-17(11-14-24)15-18-7-6-8-19(16-18)20-9-4-5-12-23-20/h4-9,12,15-16H,10-11,13-14H2,1-3H3. The highest BCUT2D eigenvalue weighted by Crippen LogP contribution is 2.24. The number of pyridine rings is 1. The quantitative estimate of drug-likeness (QED) is 0.751. The second-order valence-corrected chi connectivity index (χ2v) is 7.61. The van der Waals surface area contributed by atoms with E-state index in [-0.39, 0.29) is 6.09 Å². The molecule has 136 valence electrons. The summed E-state index contributed by atoms with van der Waals surface area (Å²) in [6.45, 7) is 7.11. The van der Waals surface area contributed by atoms with Gasteiger partial charge in [0.25, 0.3) is 0 Å². The molecular weight excluding hydrogens is 324 g/mol. The van der Waals surface area contributed by atoms with Gasteiger partial charge in [0.15, 0.2) is 0 Å². The van der Waals surface area contributed by atoms with Gasteiger partial charge in [-0.1, -0.05) is 35.9 Å². The predicted molar refractivity (Wildman–Crippen MR) is 105 cm³/mol. The molecule has 3 rings (SSSR count). The van der Waals surface area contributed by atoms with Gasteiger partial charge in [0, 0.05) is 24.8 Å². The van der Waals surface area contributed by atoms with Crippen molar-refractivity contribution in [3.05, 3.63) is 59.8 Å². The van der Waals surface area contributed by atoms with Crippen molar-refractivity contribution in [3.63, 3.8) is 0 Å². The summed E-state index contributed by atoms with van der Waals surface area (Å²) in [5.41, 5.74) is 4.19. The average Bonchev–Trinajstić information content (AvgIpc) is 2.62. The predicted octanol–water partition coefficient (Wildman–Crippen LogP) is 5.16. The molecule has 0 spiro atoms. The fourth-order valence-electron chi connectivity index (χ4n) is 3.00. The number of benzene rings is 1. The monoisotopic (exact) mass is 350 g/mol. The molecule has 1 aliphatic heterocycles. The molecule has 4 heteroatoms. The highest BCUT2D eigenvalue weighted by Gasteiger charge is 2.24. The van der Waals surface area contributed by atoms with Crippen LogP contribution in [0.2, 0.25) is 0 Å². The average molecular weight is 350 g/mol.